The van der Waals surface area contributed by atoms with E-state index in [0.717, 1.165) is 11.2 Å². The first-order chi connectivity index (χ1) is 9.57. The summed E-state index contributed by atoms with van der Waals surface area (Å²) in [6.45, 7) is 8.07. The van der Waals surface area contributed by atoms with E-state index in [1.807, 2.05) is 39.8 Å². The minimum Gasteiger partial charge on any atom is -0.465 e. The number of nitrogens with one attached hydrogen (secondary N) is 1. The molecule has 0 amide bonds. The Hall–Kier alpha value is -1.91. The molecule has 0 aliphatic rings. The molecule has 20 heavy (non-hydrogen) atoms. The van der Waals surface area contributed by atoms with E-state index in [4.69, 9.17) is 4.74 Å². The molecule has 2 aromatic heterocycles. The summed E-state index contributed by atoms with van der Waals surface area (Å²) in [7, 11) is 0. The van der Waals surface area contributed by atoms with E-state index in [1.54, 1.807) is 0 Å². The standard InChI is InChI=1S/C15H21N3O2/c1-5-15(6-2,14(19)20-7-3)13-17-11-9-8-10(4)16-12(11)18-13/h8-9H,5-7H2,1-4H3,(H,16,17,18). The highest BCUT2D eigenvalue weighted by molar-refractivity contribution is 5.83. The van der Waals surface area contributed by atoms with Crippen molar-refractivity contribution in [2.24, 2.45) is 0 Å². The Morgan fingerprint density at radius 3 is 2.55 bits per heavy atom. The summed E-state index contributed by atoms with van der Waals surface area (Å²) in [5, 5.41) is 0. The van der Waals surface area contributed by atoms with Crippen LogP contribution >= 0.6 is 0 Å². The lowest BCUT2D eigenvalue weighted by atomic mass is 9.81. The molecule has 2 rings (SSSR count). The molecule has 0 atom stereocenters. The van der Waals surface area contributed by atoms with Crippen molar-refractivity contribution in [1.82, 2.24) is 15.0 Å². The average molecular weight is 275 g/mol. The number of rotatable bonds is 5. The molecule has 5 nitrogen and oxygen atoms in total. The summed E-state index contributed by atoms with van der Waals surface area (Å²) in [6.07, 6.45) is 1.28. The fourth-order valence-electron chi connectivity index (χ4n) is 2.45. The maximum Gasteiger partial charge on any atom is 0.319 e. The Morgan fingerprint density at radius 1 is 1.25 bits per heavy atom. The summed E-state index contributed by atoms with van der Waals surface area (Å²) in [5.74, 6) is 0.426. The number of imidazole rings is 1. The van der Waals surface area contributed by atoms with Gasteiger partial charge in [-0.2, -0.15) is 0 Å². The van der Waals surface area contributed by atoms with Crippen LogP contribution in [0.5, 0.6) is 0 Å². The molecule has 0 aliphatic carbocycles. The summed E-state index contributed by atoms with van der Waals surface area (Å²) in [6, 6.07) is 3.86. The quantitative estimate of drug-likeness (QED) is 0.852. The van der Waals surface area contributed by atoms with E-state index in [-0.39, 0.29) is 5.97 Å². The highest BCUT2D eigenvalue weighted by atomic mass is 16.5. The number of pyridine rings is 1. The number of aromatic nitrogens is 3. The van der Waals surface area contributed by atoms with E-state index in [2.05, 4.69) is 15.0 Å². The van der Waals surface area contributed by atoms with Gasteiger partial charge in [-0.1, -0.05) is 13.8 Å². The van der Waals surface area contributed by atoms with Crippen LogP contribution in [0.15, 0.2) is 12.1 Å². The summed E-state index contributed by atoms with van der Waals surface area (Å²) in [4.78, 5) is 24.5. The van der Waals surface area contributed by atoms with Gasteiger partial charge in [-0.05, 0) is 38.8 Å². The van der Waals surface area contributed by atoms with E-state index in [9.17, 15) is 4.79 Å². The molecule has 0 aromatic carbocycles. The lowest BCUT2D eigenvalue weighted by molar-refractivity contribution is -0.150. The van der Waals surface area contributed by atoms with E-state index in [1.165, 1.54) is 0 Å². The second-order valence-electron chi connectivity index (χ2n) is 4.92. The normalized spacial score (nSPS) is 11.8. The van der Waals surface area contributed by atoms with Crippen LogP contribution in [0.25, 0.3) is 11.2 Å². The Balaban J connectivity index is 2.53. The van der Waals surface area contributed by atoms with Gasteiger partial charge in [0.05, 0.1) is 12.1 Å². The lowest BCUT2D eigenvalue weighted by Crippen LogP contribution is -2.37. The number of carbonyl (C=O) groups excluding carboxylic acids is 1. The number of esters is 1. The molecular formula is C15H21N3O2. The molecule has 2 aromatic rings. The molecule has 0 saturated heterocycles. The van der Waals surface area contributed by atoms with Crippen LogP contribution in [0.2, 0.25) is 0 Å². The maximum absolute atomic E-state index is 12.4. The number of aryl methyl sites for hydroxylation is 1. The van der Waals surface area contributed by atoms with Gasteiger partial charge in [0.1, 0.15) is 11.2 Å². The maximum atomic E-state index is 12.4. The first-order valence-electron chi connectivity index (χ1n) is 7.08. The third-order valence-electron chi connectivity index (χ3n) is 3.81. The van der Waals surface area contributed by atoms with Crippen molar-refractivity contribution in [3.05, 3.63) is 23.7 Å². The monoisotopic (exact) mass is 275 g/mol. The zero-order valence-corrected chi connectivity index (χ0v) is 12.5. The molecule has 0 aliphatic heterocycles. The SMILES string of the molecule is CCOC(=O)C(CC)(CC)c1nc2nc(C)ccc2[nH]1. The number of hydrogen-bond acceptors (Lipinski definition) is 4. The van der Waals surface area contributed by atoms with Crippen molar-refractivity contribution < 1.29 is 9.53 Å². The highest BCUT2D eigenvalue weighted by Gasteiger charge is 2.41. The Kier molecular flexibility index (Phi) is 4.06. The molecule has 5 heteroatoms. The molecule has 0 fully saturated rings. The molecule has 0 unspecified atom stereocenters. The lowest BCUT2D eigenvalue weighted by Gasteiger charge is -2.26. The predicted molar refractivity (Wildman–Crippen MR) is 77.5 cm³/mol. The van der Waals surface area contributed by atoms with Crippen molar-refractivity contribution in [3.63, 3.8) is 0 Å². The molecule has 0 bridgehead atoms. The minimum atomic E-state index is -0.718. The van der Waals surface area contributed by atoms with Gasteiger partial charge in [-0.3, -0.25) is 4.79 Å². The van der Waals surface area contributed by atoms with Gasteiger partial charge >= 0.3 is 5.97 Å². The Labute approximate surface area is 118 Å². The number of H-pyrrole nitrogens is 1. The van der Waals surface area contributed by atoms with Gasteiger partial charge in [-0.25, -0.2) is 9.97 Å². The van der Waals surface area contributed by atoms with Crippen LogP contribution in [-0.2, 0) is 14.9 Å². The van der Waals surface area contributed by atoms with Crippen LogP contribution < -0.4 is 0 Å². The van der Waals surface area contributed by atoms with Crippen LogP contribution in [0.1, 0.15) is 45.1 Å². The van der Waals surface area contributed by atoms with Crippen molar-refractivity contribution >= 4 is 17.1 Å². The third kappa shape index (κ3) is 2.28. The summed E-state index contributed by atoms with van der Waals surface area (Å²) >= 11 is 0. The van der Waals surface area contributed by atoms with E-state index >= 15 is 0 Å². The molecule has 0 radical (unpaired) electrons. The minimum absolute atomic E-state index is 0.222. The fraction of sp³-hybridized carbons (Fsp3) is 0.533. The van der Waals surface area contributed by atoms with Crippen molar-refractivity contribution in [2.75, 3.05) is 6.61 Å². The topological polar surface area (TPSA) is 67.9 Å². The predicted octanol–water partition coefficient (Wildman–Crippen LogP) is 2.89. The van der Waals surface area contributed by atoms with Crippen LogP contribution in [-0.4, -0.2) is 27.5 Å². The number of nitrogens with zero attached hydrogens (tertiary/aromatic N) is 2. The third-order valence-corrected chi connectivity index (χ3v) is 3.81. The number of aromatic amines is 1. The van der Waals surface area contributed by atoms with Gasteiger partial charge in [0.15, 0.2) is 5.65 Å². The zero-order valence-electron chi connectivity index (χ0n) is 12.5. The second-order valence-corrected chi connectivity index (χ2v) is 4.92. The highest BCUT2D eigenvalue weighted by Crippen LogP contribution is 2.32. The summed E-state index contributed by atoms with van der Waals surface area (Å²) in [5.41, 5.74) is 1.69. The Bertz CT molecular complexity index is 615. The van der Waals surface area contributed by atoms with Crippen LogP contribution in [0, 0.1) is 6.92 Å². The second kappa shape index (κ2) is 5.61. The fourth-order valence-corrected chi connectivity index (χ4v) is 2.45. The molecule has 2 heterocycles. The average Bonchev–Trinajstić information content (AvgIpc) is 2.84. The molecule has 0 saturated carbocycles. The Morgan fingerprint density at radius 2 is 1.95 bits per heavy atom. The van der Waals surface area contributed by atoms with Crippen molar-refractivity contribution in [1.29, 1.82) is 0 Å². The largest absolute Gasteiger partial charge is 0.465 e. The van der Waals surface area contributed by atoms with Gasteiger partial charge < -0.3 is 9.72 Å². The van der Waals surface area contributed by atoms with Gasteiger partial charge in [0, 0.05) is 5.69 Å². The van der Waals surface area contributed by atoms with Crippen LogP contribution in [0.3, 0.4) is 0 Å². The van der Waals surface area contributed by atoms with E-state index in [0.29, 0.717) is 30.9 Å². The smallest absolute Gasteiger partial charge is 0.319 e. The van der Waals surface area contributed by atoms with Gasteiger partial charge in [-0.15, -0.1) is 0 Å². The number of hydrogen-bond donors (Lipinski definition) is 1. The molecular weight excluding hydrogens is 254 g/mol. The van der Waals surface area contributed by atoms with E-state index < -0.39 is 5.41 Å². The first kappa shape index (κ1) is 14.5. The first-order valence-corrected chi connectivity index (χ1v) is 7.08. The van der Waals surface area contributed by atoms with Crippen LogP contribution in [0.4, 0.5) is 0 Å². The number of ether oxygens (including phenoxy) is 1. The molecule has 108 valence electrons. The molecule has 1 N–H and O–H groups in total. The number of carbonyl (C=O) groups is 1. The number of fused-ring (bicyclic) bond motifs is 1. The van der Waals surface area contributed by atoms with Crippen molar-refractivity contribution in [3.8, 4) is 0 Å². The summed E-state index contributed by atoms with van der Waals surface area (Å²) < 4.78 is 5.24. The molecule has 0 spiro atoms. The zero-order chi connectivity index (χ0) is 14.8. The van der Waals surface area contributed by atoms with Gasteiger partial charge in [0.25, 0.3) is 0 Å². The van der Waals surface area contributed by atoms with Gasteiger partial charge in [0.2, 0.25) is 0 Å². The van der Waals surface area contributed by atoms with Crippen molar-refractivity contribution in [2.45, 2.75) is 46.0 Å².